The van der Waals surface area contributed by atoms with E-state index in [9.17, 15) is 26.4 Å². The zero-order valence-electron chi connectivity index (χ0n) is 17.7. The Morgan fingerprint density at radius 1 is 1.22 bits per heavy atom. The Bertz CT molecular complexity index is 1060. The number of halogens is 4. The van der Waals surface area contributed by atoms with E-state index < -0.39 is 44.1 Å². The van der Waals surface area contributed by atoms with Crippen LogP contribution in [-0.4, -0.2) is 34.0 Å². The minimum atomic E-state index is -4.78. The van der Waals surface area contributed by atoms with Crippen molar-refractivity contribution in [1.29, 1.82) is 0 Å². The quantitative estimate of drug-likeness (QED) is 0.542. The molecular weight excluding hydrogens is 469 g/mol. The summed E-state index contributed by atoms with van der Waals surface area (Å²) in [4.78, 5) is 11.9. The number of carbonyl (C=O) groups excluding carboxylic acids is 1. The summed E-state index contributed by atoms with van der Waals surface area (Å²) in [7, 11) is -3.37. The van der Waals surface area contributed by atoms with Crippen LogP contribution in [0.3, 0.4) is 0 Å². The van der Waals surface area contributed by atoms with Gasteiger partial charge in [-0.1, -0.05) is 37.1 Å². The summed E-state index contributed by atoms with van der Waals surface area (Å²) in [5.74, 6) is -0.503. The molecule has 1 atom stereocenters. The SMILES string of the molecule is CCCC(C)NC(=O)CN(c1ccccc1OC)S(=O)(=O)c1cc(C(F)(F)F)ccc1Cl. The average Bonchev–Trinajstić information content (AvgIpc) is 2.71. The van der Waals surface area contributed by atoms with Gasteiger partial charge in [-0.2, -0.15) is 13.2 Å². The molecule has 2 aromatic carbocycles. The molecule has 2 aromatic rings. The lowest BCUT2D eigenvalue weighted by Gasteiger charge is -2.27. The number of para-hydroxylation sites is 2. The van der Waals surface area contributed by atoms with Gasteiger partial charge in [-0.15, -0.1) is 0 Å². The second-order valence-electron chi connectivity index (χ2n) is 7.08. The number of amides is 1. The van der Waals surface area contributed by atoms with Gasteiger partial charge in [0.2, 0.25) is 5.91 Å². The Kier molecular flexibility index (Phi) is 8.41. The van der Waals surface area contributed by atoms with Gasteiger partial charge in [-0.3, -0.25) is 9.10 Å². The highest BCUT2D eigenvalue weighted by atomic mass is 35.5. The van der Waals surface area contributed by atoms with E-state index in [0.717, 1.165) is 12.5 Å². The first-order valence-corrected chi connectivity index (χ1v) is 11.6. The third-order valence-corrected chi connectivity index (χ3v) is 6.84. The Labute approximate surface area is 190 Å². The maximum Gasteiger partial charge on any atom is 0.416 e. The van der Waals surface area contributed by atoms with Crippen LogP contribution in [0, 0.1) is 0 Å². The summed E-state index contributed by atoms with van der Waals surface area (Å²) in [5.41, 5.74) is -1.19. The molecule has 1 N–H and O–H groups in total. The van der Waals surface area contributed by atoms with Gasteiger partial charge in [0, 0.05) is 6.04 Å². The molecule has 176 valence electrons. The smallest absolute Gasteiger partial charge is 0.416 e. The van der Waals surface area contributed by atoms with Crippen LogP contribution in [0.4, 0.5) is 18.9 Å². The number of ether oxygens (including phenoxy) is 1. The van der Waals surface area contributed by atoms with Crippen molar-refractivity contribution in [2.24, 2.45) is 0 Å². The molecule has 1 unspecified atom stereocenters. The van der Waals surface area contributed by atoms with Crippen LogP contribution in [0.5, 0.6) is 5.75 Å². The molecule has 0 fully saturated rings. The first-order valence-electron chi connectivity index (χ1n) is 9.73. The maximum atomic E-state index is 13.5. The number of anilines is 1. The maximum absolute atomic E-state index is 13.5. The topological polar surface area (TPSA) is 75.7 Å². The Morgan fingerprint density at radius 3 is 2.47 bits per heavy atom. The Balaban J connectivity index is 2.60. The first kappa shape index (κ1) is 25.8. The summed E-state index contributed by atoms with van der Waals surface area (Å²) in [6.07, 6.45) is -3.31. The van der Waals surface area contributed by atoms with Crippen LogP contribution in [0.15, 0.2) is 47.4 Å². The van der Waals surface area contributed by atoms with Gasteiger partial charge in [-0.25, -0.2) is 8.42 Å². The van der Waals surface area contributed by atoms with Gasteiger partial charge in [0.25, 0.3) is 10.0 Å². The predicted octanol–water partition coefficient (Wildman–Crippen LogP) is 4.87. The molecule has 0 spiro atoms. The summed E-state index contributed by atoms with van der Waals surface area (Å²) in [6, 6.07) is 7.77. The van der Waals surface area contributed by atoms with Crippen molar-refractivity contribution in [2.75, 3.05) is 18.0 Å². The molecule has 0 bridgehead atoms. The number of nitrogens with zero attached hydrogens (tertiary/aromatic N) is 1. The largest absolute Gasteiger partial charge is 0.495 e. The fraction of sp³-hybridized carbons (Fsp3) is 0.381. The second kappa shape index (κ2) is 10.4. The van der Waals surface area contributed by atoms with E-state index >= 15 is 0 Å². The van der Waals surface area contributed by atoms with Crippen molar-refractivity contribution >= 4 is 33.2 Å². The van der Waals surface area contributed by atoms with Crippen LogP contribution < -0.4 is 14.4 Å². The van der Waals surface area contributed by atoms with Crippen LogP contribution in [0.25, 0.3) is 0 Å². The second-order valence-corrected chi connectivity index (χ2v) is 9.32. The molecule has 0 saturated heterocycles. The standard InChI is InChI=1S/C21H24ClF3N2O4S/c1-4-7-14(2)26-20(28)13-27(17-8-5-6-9-18(17)31-3)32(29,30)19-12-15(21(23,24)25)10-11-16(19)22/h5-6,8-12,14H,4,7,13H2,1-3H3,(H,26,28). The molecule has 0 saturated carbocycles. The molecule has 6 nitrogen and oxygen atoms in total. The summed E-state index contributed by atoms with van der Waals surface area (Å²) in [6.45, 7) is 3.03. The normalized spacial score (nSPS) is 12.8. The molecule has 0 aliphatic heterocycles. The molecule has 0 aliphatic rings. The number of carbonyl (C=O) groups is 1. The number of sulfonamides is 1. The van der Waals surface area contributed by atoms with Gasteiger partial charge in [0.05, 0.1) is 23.4 Å². The van der Waals surface area contributed by atoms with E-state index in [1.165, 1.54) is 25.3 Å². The van der Waals surface area contributed by atoms with Gasteiger partial charge in [0.15, 0.2) is 0 Å². The number of rotatable bonds is 9. The molecule has 2 rings (SSSR count). The van der Waals surface area contributed by atoms with Gasteiger partial charge < -0.3 is 10.1 Å². The summed E-state index contributed by atoms with van der Waals surface area (Å²) < 4.78 is 72.5. The van der Waals surface area contributed by atoms with E-state index in [1.807, 2.05) is 6.92 Å². The molecule has 0 heterocycles. The lowest BCUT2D eigenvalue weighted by molar-refractivity contribution is -0.137. The fourth-order valence-electron chi connectivity index (χ4n) is 3.09. The van der Waals surface area contributed by atoms with Crippen molar-refractivity contribution in [3.63, 3.8) is 0 Å². The molecule has 32 heavy (non-hydrogen) atoms. The summed E-state index contributed by atoms with van der Waals surface area (Å²) in [5, 5.41) is 2.29. The molecule has 0 aromatic heterocycles. The van der Waals surface area contributed by atoms with E-state index in [0.29, 0.717) is 22.9 Å². The van der Waals surface area contributed by atoms with Crippen LogP contribution >= 0.6 is 11.6 Å². The third kappa shape index (κ3) is 6.07. The average molecular weight is 493 g/mol. The summed E-state index contributed by atoms with van der Waals surface area (Å²) >= 11 is 5.99. The molecule has 0 radical (unpaired) electrons. The Hall–Kier alpha value is -2.46. The Morgan fingerprint density at radius 2 is 1.88 bits per heavy atom. The van der Waals surface area contributed by atoms with Crippen LogP contribution in [-0.2, 0) is 21.0 Å². The van der Waals surface area contributed by atoms with Gasteiger partial charge >= 0.3 is 6.18 Å². The van der Waals surface area contributed by atoms with E-state index in [1.54, 1.807) is 13.0 Å². The van der Waals surface area contributed by atoms with Crippen molar-refractivity contribution in [1.82, 2.24) is 5.32 Å². The zero-order chi connectivity index (χ0) is 24.1. The number of benzene rings is 2. The van der Waals surface area contributed by atoms with Crippen molar-refractivity contribution in [2.45, 2.75) is 43.8 Å². The number of nitrogens with one attached hydrogen (secondary N) is 1. The number of alkyl halides is 3. The minimum absolute atomic E-state index is 0.0122. The monoisotopic (exact) mass is 492 g/mol. The van der Waals surface area contributed by atoms with Crippen molar-refractivity contribution < 1.29 is 31.1 Å². The van der Waals surface area contributed by atoms with Crippen LogP contribution in [0.1, 0.15) is 32.3 Å². The minimum Gasteiger partial charge on any atom is -0.495 e. The molecule has 0 aliphatic carbocycles. The predicted molar refractivity (Wildman–Crippen MR) is 116 cm³/mol. The fourth-order valence-corrected chi connectivity index (χ4v) is 5.02. The van der Waals surface area contributed by atoms with Crippen LogP contribution in [0.2, 0.25) is 5.02 Å². The molecule has 1 amide bonds. The molecular formula is C21H24ClF3N2O4S. The molecule has 11 heteroatoms. The lowest BCUT2D eigenvalue weighted by atomic mass is 10.2. The third-order valence-electron chi connectivity index (χ3n) is 4.60. The van der Waals surface area contributed by atoms with E-state index in [4.69, 9.17) is 16.3 Å². The van der Waals surface area contributed by atoms with E-state index in [2.05, 4.69) is 5.32 Å². The highest BCUT2D eigenvalue weighted by Gasteiger charge is 2.36. The number of methoxy groups -OCH3 is 1. The van der Waals surface area contributed by atoms with E-state index in [-0.39, 0.29) is 17.5 Å². The highest BCUT2D eigenvalue weighted by Crippen LogP contribution is 2.37. The van der Waals surface area contributed by atoms with Crippen molar-refractivity contribution in [3.8, 4) is 5.75 Å². The highest BCUT2D eigenvalue weighted by molar-refractivity contribution is 7.93. The zero-order valence-corrected chi connectivity index (χ0v) is 19.3. The van der Waals surface area contributed by atoms with Gasteiger partial charge in [0.1, 0.15) is 17.2 Å². The van der Waals surface area contributed by atoms with Crippen molar-refractivity contribution in [3.05, 3.63) is 53.1 Å². The number of hydrogen-bond donors (Lipinski definition) is 1. The lowest BCUT2D eigenvalue weighted by Crippen LogP contribution is -2.43. The van der Waals surface area contributed by atoms with Gasteiger partial charge in [-0.05, 0) is 43.7 Å². The first-order chi connectivity index (χ1) is 14.9. The number of hydrogen-bond acceptors (Lipinski definition) is 4.